The molecule has 78 heavy (non-hydrogen) atoms. The summed E-state index contributed by atoms with van der Waals surface area (Å²) in [5.74, 6) is 0. The molecule has 0 aliphatic carbocycles. The van der Waals surface area contributed by atoms with E-state index in [2.05, 4.69) is 251 Å². The van der Waals surface area contributed by atoms with Crippen molar-refractivity contribution in [2.75, 3.05) is 0 Å². The lowest BCUT2D eigenvalue weighted by atomic mass is 9.83. The van der Waals surface area contributed by atoms with E-state index >= 15 is 0 Å². The first kappa shape index (κ1) is 45.0. The number of para-hydroxylation sites is 6. The van der Waals surface area contributed by atoms with Crippen LogP contribution in [0.15, 0.2) is 231 Å². The molecule has 0 radical (unpaired) electrons. The Morgan fingerprint density at radius 2 is 0.654 bits per heavy atom. The van der Waals surface area contributed by atoms with E-state index < -0.39 is 0 Å². The minimum atomic E-state index is 0.600. The smallest absolute Gasteiger partial charge is 0.0991 e. The average Bonchev–Trinajstić information content (AvgIpc) is 4.25. The Morgan fingerprint density at radius 3 is 1.04 bits per heavy atom. The average molecular weight is 997 g/mol. The van der Waals surface area contributed by atoms with E-state index in [1.54, 1.807) is 0 Å². The normalized spacial score (nSPS) is 11.8. The summed E-state index contributed by atoms with van der Waals surface area (Å²) in [5, 5.41) is 30.1. The molecule has 4 heterocycles. The Labute approximate surface area is 450 Å². The molecule has 11 aromatic carbocycles. The van der Waals surface area contributed by atoms with Gasteiger partial charge in [-0.3, -0.25) is 0 Å². The van der Waals surface area contributed by atoms with E-state index in [9.17, 15) is 10.5 Å². The third-order valence-electron chi connectivity index (χ3n) is 16.4. The van der Waals surface area contributed by atoms with E-state index in [1.165, 1.54) is 38.1 Å². The molecule has 15 aromatic rings. The molecule has 0 aliphatic rings. The number of hydrogen-bond acceptors (Lipinski definition) is 2. The van der Waals surface area contributed by atoms with Crippen molar-refractivity contribution in [3.05, 3.63) is 253 Å². The quantitative estimate of drug-likeness (QED) is 0.152. The Hall–Kier alpha value is -10.4. The summed E-state index contributed by atoms with van der Waals surface area (Å²) in [4.78, 5) is 0. The lowest BCUT2D eigenvalue weighted by molar-refractivity contribution is 1.00. The van der Waals surface area contributed by atoms with Crippen LogP contribution in [0.4, 0.5) is 0 Å². The standard InChI is InChI=1S/C72H48N6/c1-3-51-65(47-35-31-45(43-73)32-36-47)72(78-60-28-16-12-24-54(60)56-40-42-64-68(71(56)78)58-26-14-18-30-62(58)76(64)50-21-9-6-10-22-50)66(48-37-33-46(44-74)34-38-48)52(4-2)69(51)77-59-27-15-11-23-53(59)55-39-41-63-67(70(55)77)57-25-13-17-29-61(57)75(63)49-19-7-5-8-20-49/h5-42H,3-4H2,1-2H3. The lowest BCUT2D eigenvalue weighted by Crippen LogP contribution is -2.13. The summed E-state index contributed by atoms with van der Waals surface area (Å²) in [6.45, 7) is 4.61. The number of nitrogens with zero attached hydrogens (tertiary/aromatic N) is 6. The van der Waals surface area contributed by atoms with Crippen molar-refractivity contribution in [3.8, 4) is 57.1 Å². The first-order valence-corrected chi connectivity index (χ1v) is 26.8. The van der Waals surface area contributed by atoms with Crippen molar-refractivity contribution in [2.45, 2.75) is 26.7 Å². The highest BCUT2D eigenvalue weighted by molar-refractivity contribution is 6.28. The minimum Gasteiger partial charge on any atom is -0.309 e. The first-order chi connectivity index (χ1) is 38.6. The zero-order valence-corrected chi connectivity index (χ0v) is 43.0. The van der Waals surface area contributed by atoms with Gasteiger partial charge in [0.25, 0.3) is 0 Å². The van der Waals surface area contributed by atoms with Crippen LogP contribution in [0.25, 0.3) is 132 Å². The minimum absolute atomic E-state index is 0.600. The second-order valence-corrected chi connectivity index (χ2v) is 20.3. The van der Waals surface area contributed by atoms with Crippen molar-refractivity contribution in [1.29, 1.82) is 10.5 Å². The van der Waals surface area contributed by atoms with Crippen LogP contribution in [0.2, 0.25) is 0 Å². The van der Waals surface area contributed by atoms with Crippen LogP contribution < -0.4 is 0 Å². The summed E-state index contributed by atoms with van der Waals surface area (Å²) in [6, 6.07) is 87.4. The van der Waals surface area contributed by atoms with Crippen LogP contribution in [-0.2, 0) is 12.8 Å². The van der Waals surface area contributed by atoms with Crippen LogP contribution in [-0.4, -0.2) is 18.3 Å². The van der Waals surface area contributed by atoms with Gasteiger partial charge >= 0.3 is 0 Å². The molecule has 0 saturated carbocycles. The van der Waals surface area contributed by atoms with Crippen molar-refractivity contribution >= 4 is 87.2 Å². The SMILES string of the molecule is CCc1c(-c2ccc(C#N)cc2)c(-n2c3ccccc3c3ccc4c(c5ccccc5n4-c4ccccc4)c32)c(-c2ccc(C#N)cc2)c(CC)c1-n1c2ccccc2c2ccc3c(c4ccccc4n3-c3ccccc3)c21. The van der Waals surface area contributed by atoms with Crippen molar-refractivity contribution < 1.29 is 0 Å². The van der Waals surface area contributed by atoms with Crippen molar-refractivity contribution in [3.63, 3.8) is 0 Å². The molecule has 0 spiro atoms. The summed E-state index contributed by atoms with van der Waals surface area (Å²) in [6.07, 6.45) is 1.38. The predicted molar refractivity (Wildman–Crippen MR) is 323 cm³/mol. The van der Waals surface area contributed by atoms with E-state index in [0.717, 1.165) is 105 Å². The van der Waals surface area contributed by atoms with Gasteiger partial charge in [-0.05, 0) is 120 Å². The van der Waals surface area contributed by atoms with E-state index in [1.807, 2.05) is 24.3 Å². The van der Waals surface area contributed by atoms with Gasteiger partial charge in [-0.25, -0.2) is 0 Å². The lowest BCUT2D eigenvalue weighted by Gasteiger charge is -2.29. The van der Waals surface area contributed by atoms with Crippen LogP contribution in [0.3, 0.4) is 0 Å². The fraction of sp³-hybridized carbons (Fsp3) is 0.0556. The maximum absolute atomic E-state index is 10.3. The first-order valence-electron chi connectivity index (χ1n) is 26.8. The van der Waals surface area contributed by atoms with E-state index in [-0.39, 0.29) is 0 Å². The van der Waals surface area contributed by atoms with Gasteiger partial charge in [-0.1, -0.05) is 159 Å². The highest BCUT2D eigenvalue weighted by Crippen LogP contribution is 2.52. The summed E-state index contributed by atoms with van der Waals surface area (Å²) < 4.78 is 10.0. The number of hydrogen-bond donors (Lipinski definition) is 0. The van der Waals surface area contributed by atoms with Crippen LogP contribution >= 0.6 is 0 Å². The summed E-state index contributed by atoms with van der Waals surface area (Å²) in [7, 11) is 0. The highest BCUT2D eigenvalue weighted by Gasteiger charge is 2.32. The topological polar surface area (TPSA) is 67.3 Å². The molecule has 15 rings (SSSR count). The van der Waals surface area contributed by atoms with Gasteiger partial charge in [0.2, 0.25) is 0 Å². The number of fused-ring (bicyclic) bond motifs is 14. The molecule has 0 saturated heterocycles. The fourth-order valence-corrected chi connectivity index (χ4v) is 13.2. The molecule has 0 aliphatic heterocycles. The molecule has 0 unspecified atom stereocenters. The predicted octanol–water partition coefficient (Wildman–Crippen LogP) is 18.3. The molecule has 0 N–H and O–H groups in total. The third kappa shape index (κ3) is 6.35. The third-order valence-corrected chi connectivity index (χ3v) is 16.4. The van der Waals surface area contributed by atoms with Gasteiger partial charge in [-0.15, -0.1) is 0 Å². The molecule has 6 heteroatoms. The number of nitriles is 2. The second kappa shape index (κ2) is 17.6. The maximum Gasteiger partial charge on any atom is 0.0991 e. The number of rotatable bonds is 8. The molecule has 0 amide bonds. The Balaban J connectivity index is 1.20. The Bertz CT molecular complexity index is 4950. The van der Waals surface area contributed by atoms with Crippen molar-refractivity contribution in [2.24, 2.45) is 0 Å². The maximum atomic E-state index is 10.3. The summed E-state index contributed by atoms with van der Waals surface area (Å²) >= 11 is 0. The monoisotopic (exact) mass is 996 g/mol. The zero-order valence-electron chi connectivity index (χ0n) is 43.0. The van der Waals surface area contributed by atoms with Gasteiger partial charge in [0.15, 0.2) is 0 Å². The number of benzene rings is 11. The number of aromatic nitrogens is 4. The van der Waals surface area contributed by atoms with Crippen molar-refractivity contribution in [1.82, 2.24) is 18.3 Å². The molecule has 6 nitrogen and oxygen atoms in total. The molecule has 0 fully saturated rings. The molecular formula is C72H48N6. The summed E-state index contributed by atoms with van der Waals surface area (Å²) in [5.41, 5.74) is 21.2. The van der Waals surface area contributed by atoms with Gasteiger partial charge < -0.3 is 18.3 Å². The van der Waals surface area contributed by atoms with Gasteiger partial charge in [0, 0.05) is 65.6 Å². The zero-order chi connectivity index (χ0) is 52.2. The Morgan fingerprint density at radius 1 is 0.308 bits per heavy atom. The molecule has 0 bridgehead atoms. The van der Waals surface area contributed by atoms with Crippen LogP contribution in [0.1, 0.15) is 36.1 Å². The highest BCUT2D eigenvalue weighted by atomic mass is 15.0. The second-order valence-electron chi connectivity index (χ2n) is 20.3. The van der Waals surface area contributed by atoms with Gasteiger partial charge in [0.1, 0.15) is 0 Å². The Kier molecular flexibility index (Phi) is 10.2. The fourth-order valence-electron chi connectivity index (χ4n) is 13.2. The van der Waals surface area contributed by atoms with E-state index in [4.69, 9.17) is 0 Å². The molecule has 0 atom stereocenters. The molecular weight excluding hydrogens is 949 g/mol. The largest absolute Gasteiger partial charge is 0.309 e. The molecule has 366 valence electrons. The van der Waals surface area contributed by atoms with Gasteiger partial charge in [-0.2, -0.15) is 10.5 Å². The van der Waals surface area contributed by atoms with Crippen LogP contribution in [0.5, 0.6) is 0 Å². The van der Waals surface area contributed by atoms with E-state index in [0.29, 0.717) is 24.0 Å². The van der Waals surface area contributed by atoms with Crippen LogP contribution in [0, 0.1) is 22.7 Å². The van der Waals surface area contributed by atoms with Gasteiger partial charge in [0.05, 0.1) is 78.8 Å². The molecule has 4 aromatic heterocycles.